The van der Waals surface area contributed by atoms with E-state index >= 15 is 0 Å². The zero-order valence-corrected chi connectivity index (χ0v) is 14.3. The summed E-state index contributed by atoms with van der Waals surface area (Å²) in [6.07, 6.45) is 2.92. The largest absolute Gasteiger partial charge is 0.497 e. The van der Waals surface area contributed by atoms with E-state index in [4.69, 9.17) is 4.74 Å². The molecule has 136 valence electrons. The van der Waals surface area contributed by atoms with Gasteiger partial charge in [-0.2, -0.15) is 0 Å². The van der Waals surface area contributed by atoms with Gasteiger partial charge in [0.1, 0.15) is 17.4 Å². The number of ether oxygens (including phenoxy) is 1. The van der Waals surface area contributed by atoms with Crippen LogP contribution < -0.4 is 10.1 Å². The van der Waals surface area contributed by atoms with E-state index < -0.39 is 23.4 Å². The van der Waals surface area contributed by atoms with Crippen LogP contribution in [0, 0.1) is 11.6 Å². The number of nitrogens with zero attached hydrogens (tertiary/aromatic N) is 1. The van der Waals surface area contributed by atoms with Crippen LogP contribution in [0.4, 0.5) is 14.5 Å². The van der Waals surface area contributed by atoms with E-state index in [1.165, 1.54) is 18.0 Å². The molecule has 0 saturated heterocycles. The lowest BCUT2D eigenvalue weighted by atomic mass is 10.2. The molecule has 2 aromatic carbocycles. The summed E-state index contributed by atoms with van der Waals surface area (Å²) in [6.45, 7) is -0.280. The van der Waals surface area contributed by atoms with Crippen molar-refractivity contribution in [2.24, 2.45) is 0 Å². The Labute approximate surface area is 149 Å². The first kappa shape index (κ1) is 19.1. The van der Waals surface area contributed by atoms with Gasteiger partial charge in [-0.15, -0.1) is 0 Å². The predicted octanol–water partition coefficient (Wildman–Crippen LogP) is 3.08. The van der Waals surface area contributed by atoms with Crippen LogP contribution in [0.5, 0.6) is 5.75 Å². The van der Waals surface area contributed by atoms with Gasteiger partial charge in [0.05, 0.1) is 19.3 Å². The maximum atomic E-state index is 13.5. The van der Waals surface area contributed by atoms with Gasteiger partial charge in [-0.05, 0) is 35.9 Å². The summed E-state index contributed by atoms with van der Waals surface area (Å²) in [5, 5.41) is 2.30. The lowest BCUT2D eigenvalue weighted by molar-refractivity contribution is -0.129. The number of methoxy groups -OCH3 is 1. The summed E-state index contributed by atoms with van der Waals surface area (Å²) in [6, 6.07) is 9.95. The highest BCUT2D eigenvalue weighted by Gasteiger charge is 2.13. The first-order valence-electron chi connectivity index (χ1n) is 7.71. The van der Waals surface area contributed by atoms with Gasteiger partial charge >= 0.3 is 0 Å². The fourth-order valence-corrected chi connectivity index (χ4v) is 2.11. The number of nitrogens with one attached hydrogen (secondary N) is 1. The number of rotatable bonds is 6. The van der Waals surface area contributed by atoms with E-state index in [-0.39, 0.29) is 12.2 Å². The van der Waals surface area contributed by atoms with E-state index in [2.05, 4.69) is 5.32 Å². The number of carbonyl (C=O) groups excluding carboxylic acids is 2. The van der Waals surface area contributed by atoms with Gasteiger partial charge in [0.15, 0.2) is 0 Å². The van der Waals surface area contributed by atoms with Crippen molar-refractivity contribution in [3.05, 3.63) is 65.7 Å². The average Bonchev–Trinajstić information content (AvgIpc) is 2.62. The molecule has 0 atom stereocenters. The Morgan fingerprint density at radius 3 is 2.65 bits per heavy atom. The van der Waals surface area contributed by atoms with Crippen molar-refractivity contribution in [2.75, 3.05) is 26.0 Å². The molecule has 0 unspecified atom stereocenters. The monoisotopic (exact) mass is 360 g/mol. The molecule has 0 aliphatic carbocycles. The molecule has 7 heteroatoms. The Balaban J connectivity index is 1.93. The Morgan fingerprint density at radius 2 is 1.96 bits per heavy atom. The Bertz CT molecular complexity index is 837. The number of hydrogen-bond donors (Lipinski definition) is 1. The highest BCUT2D eigenvalue weighted by atomic mass is 19.1. The standard InChI is InChI=1S/C19H18F2N2O3/c1-23(12-18(24)22-17-8-7-14(20)11-16(17)21)19(25)9-6-13-4-3-5-15(10-13)26-2/h3-11H,12H2,1-2H3,(H,22,24)/b9-6+. The van der Waals surface area contributed by atoms with E-state index in [1.807, 2.05) is 0 Å². The molecule has 1 N–H and O–H groups in total. The number of halogens is 2. The summed E-state index contributed by atoms with van der Waals surface area (Å²) in [4.78, 5) is 25.2. The molecule has 2 amide bonds. The van der Waals surface area contributed by atoms with Gasteiger partial charge in [-0.25, -0.2) is 8.78 Å². The molecule has 0 bridgehead atoms. The minimum Gasteiger partial charge on any atom is -0.497 e. The molecule has 0 heterocycles. The third-order valence-electron chi connectivity index (χ3n) is 3.47. The minimum absolute atomic E-state index is 0.149. The summed E-state index contributed by atoms with van der Waals surface area (Å²) in [5.41, 5.74) is 0.619. The predicted molar refractivity (Wildman–Crippen MR) is 94.7 cm³/mol. The van der Waals surface area contributed by atoms with Crippen molar-refractivity contribution in [3.63, 3.8) is 0 Å². The summed E-state index contributed by atoms with van der Waals surface area (Å²) < 4.78 is 31.5. The Morgan fingerprint density at radius 1 is 1.19 bits per heavy atom. The van der Waals surface area contributed by atoms with Crippen molar-refractivity contribution in [3.8, 4) is 5.75 Å². The van der Waals surface area contributed by atoms with Gasteiger partial charge in [0.25, 0.3) is 0 Å². The summed E-state index contributed by atoms with van der Waals surface area (Å²) >= 11 is 0. The molecular weight excluding hydrogens is 342 g/mol. The normalized spacial score (nSPS) is 10.6. The van der Waals surface area contributed by atoms with Crippen LogP contribution in [0.2, 0.25) is 0 Å². The van der Waals surface area contributed by atoms with Crippen LogP contribution in [-0.4, -0.2) is 37.4 Å². The fraction of sp³-hybridized carbons (Fsp3) is 0.158. The average molecular weight is 360 g/mol. The number of hydrogen-bond acceptors (Lipinski definition) is 3. The van der Waals surface area contributed by atoms with Crippen LogP contribution in [0.1, 0.15) is 5.56 Å². The molecule has 0 aromatic heterocycles. The summed E-state index contributed by atoms with van der Waals surface area (Å²) in [7, 11) is 2.99. The second-order valence-corrected chi connectivity index (χ2v) is 5.48. The van der Waals surface area contributed by atoms with Gasteiger partial charge in [-0.1, -0.05) is 12.1 Å². The zero-order chi connectivity index (χ0) is 19.1. The number of anilines is 1. The highest BCUT2D eigenvalue weighted by molar-refractivity contribution is 5.97. The smallest absolute Gasteiger partial charge is 0.246 e. The van der Waals surface area contributed by atoms with Crippen molar-refractivity contribution < 1.29 is 23.1 Å². The molecule has 0 aliphatic rings. The quantitative estimate of drug-likeness (QED) is 0.806. The molecule has 2 aromatic rings. The Kier molecular flexibility index (Phi) is 6.43. The van der Waals surface area contributed by atoms with Crippen molar-refractivity contribution in [1.29, 1.82) is 0 Å². The lowest BCUT2D eigenvalue weighted by Gasteiger charge is -2.15. The van der Waals surface area contributed by atoms with Crippen LogP contribution >= 0.6 is 0 Å². The number of amides is 2. The topological polar surface area (TPSA) is 58.6 Å². The molecule has 2 rings (SSSR count). The van der Waals surface area contributed by atoms with Gasteiger partial charge in [-0.3, -0.25) is 9.59 Å². The third-order valence-corrected chi connectivity index (χ3v) is 3.47. The number of carbonyl (C=O) groups is 2. The van der Waals surface area contributed by atoms with Crippen molar-refractivity contribution >= 4 is 23.6 Å². The van der Waals surface area contributed by atoms with Crippen LogP contribution in [0.25, 0.3) is 6.08 Å². The second-order valence-electron chi connectivity index (χ2n) is 5.48. The van der Waals surface area contributed by atoms with Crippen LogP contribution in [0.3, 0.4) is 0 Å². The molecular formula is C19H18F2N2O3. The maximum absolute atomic E-state index is 13.5. The Hall–Kier alpha value is -3.22. The molecule has 26 heavy (non-hydrogen) atoms. The van der Waals surface area contributed by atoms with Gasteiger partial charge in [0, 0.05) is 19.2 Å². The van der Waals surface area contributed by atoms with Crippen LogP contribution in [0.15, 0.2) is 48.5 Å². The van der Waals surface area contributed by atoms with E-state index in [1.54, 1.807) is 37.5 Å². The minimum atomic E-state index is -0.884. The molecule has 0 spiro atoms. The maximum Gasteiger partial charge on any atom is 0.246 e. The lowest BCUT2D eigenvalue weighted by Crippen LogP contribution is -2.34. The van der Waals surface area contributed by atoms with E-state index in [0.717, 1.165) is 17.7 Å². The number of likely N-dealkylation sites (N-methyl/N-ethyl adjacent to an activating group) is 1. The molecule has 0 aliphatic heterocycles. The van der Waals surface area contributed by atoms with Gasteiger partial charge in [0.2, 0.25) is 11.8 Å². The molecule has 5 nitrogen and oxygen atoms in total. The highest BCUT2D eigenvalue weighted by Crippen LogP contribution is 2.15. The first-order chi connectivity index (χ1) is 12.4. The van der Waals surface area contributed by atoms with E-state index in [0.29, 0.717) is 11.8 Å². The van der Waals surface area contributed by atoms with Crippen molar-refractivity contribution in [2.45, 2.75) is 0 Å². The molecule has 0 saturated carbocycles. The zero-order valence-electron chi connectivity index (χ0n) is 14.3. The van der Waals surface area contributed by atoms with Crippen molar-refractivity contribution in [1.82, 2.24) is 4.90 Å². The van der Waals surface area contributed by atoms with E-state index in [9.17, 15) is 18.4 Å². The molecule has 0 radical (unpaired) electrons. The fourth-order valence-electron chi connectivity index (χ4n) is 2.11. The van der Waals surface area contributed by atoms with Gasteiger partial charge < -0.3 is 15.0 Å². The first-order valence-corrected chi connectivity index (χ1v) is 7.71. The van der Waals surface area contributed by atoms with Crippen LogP contribution in [-0.2, 0) is 9.59 Å². The SMILES string of the molecule is COc1cccc(/C=C/C(=O)N(C)CC(=O)Nc2ccc(F)cc2F)c1. The number of benzene rings is 2. The molecule has 0 fully saturated rings. The second kappa shape index (κ2) is 8.75. The third kappa shape index (κ3) is 5.41. The summed E-state index contributed by atoms with van der Waals surface area (Å²) in [5.74, 6) is -1.96.